The molecule has 1 aromatic rings. The molecule has 1 heterocycles. The molecule has 0 spiro atoms. The van der Waals surface area contributed by atoms with Crippen molar-refractivity contribution in [1.82, 2.24) is 5.32 Å². The number of aliphatic hydroxyl groups excluding tert-OH is 1. The zero-order valence-corrected chi connectivity index (χ0v) is 15.0. The number of carbonyl (C=O) groups is 1. The van der Waals surface area contributed by atoms with E-state index in [1.807, 2.05) is 44.0 Å². The molecule has 0 aromatic heterocycles. The highest BCUT2D eigenvalue weighted by molar-refractivity contribution is 5.86. The first kappa shape index (κ1) is 17.6. The minimum Gasteiger partial charge on any atom is -0.472 e. The van der Waals surface area contributed by atoms with Gasteiger partial charge in [0.1, 0.15) is 17.9 Å². The summed E-state index contributed by atoms with van der Waals surface area (Å²) in [6.07, 6.45) is 2.05. The molecule has 1 aliphatic heterocycles. The van der Waals surface area contributed by atoms with Crippen molar-refractivity contribution in [2.75, 3.05) is 18.6 Å². The van der Waals surface area contributed by atoms with Crippen LogP contribution in [0.15, 0.2) is 18.2 Å². The number of amides is 1. The van der Waals surface area contributed by atoms with E-state index in [1.165, 1.54) is 0 Å². The molecule has 0 saturated heterocycles. The van der Waals surface area contributed by atoms with Crippen LogP contribution in [0.4, 0.5) is 5.69 Å². The molecule has 6 nitrogen and oxygen atoms in total. The Labute approximate surface area is 148 Å². The summed E-state index contributed by atoms with van der Waals surface area (Å²) in [5.74, 6) is 0.673. The van der Waals surface area contributed by atoms with E-state index < -0.39 is 5.60 Å². The second-order valence-electron chi connectivity index (χ2n) is 7.39. The number of benzene rings is 1. The van der Waals surface area contributed by atoms with Gasteiger partial charge in [-0.25, -0.2) is 0 Å². The maximum Gasteiger partial charge on any atom is 0.243 e. The molecule has 1 saturated carbocycles. The van der Waals surface area contributed by atoms with Crippen LogP contribution in [0, 0.1) is 17.2 Å². The van der Waals surface area contributed by atoms with Crippen LogP contribution >= 0.6 is 0 Å². The van der Waals surface area contributed by atoms with Gasteiger partial charge in [-0.3, -0.25) is 4.79 Å². The molecule has 0 unspecified atom stereocenters. The van der Waals surface area contributed by atoms with Crippen LogP contribution in [-0.4, -0.2) is 42.4 Å². The molecule has 2 atom stereocenters. The van der Waals surface area contributed by atoms with Gasteiger partial charge in [-0.1, -0.05) is 19.9 Å². The Balaban J connectivity index is 1.99. The number of fused-ring (bicyclic) bond motifs is 1. The molecule has 0 radical (unpaired) electrons. The van der Waals surface area contributed by atoms with Gasteiger partial charge in [0.2, 0.25) is 5.91 Å². The Morgan fingerprint density at radius 3 is 2.76 bits per heavy atom. The van der Waals surface area contributed by atoms with Gasteiger partial charge in [-0.15, -0.1) is 0 Å². The Morgan fingerprint density at radius 1 is 1.48 bits per heavy atom. The molecule has 2 aliphatic rings. The molecule has 25 heavy (non-hydrogen) atoms. The summed E-state index contributed by atoms with van der Waals surface area (Å²) in [6.45, 7) is 3.91. The quantitative estimate of drug-likeness (QED) is 0.868. The Bertz CT molecular complexity index is 706. The molecule has 3 rings (SSSR count). The van der Waals surface area contributed by atoms with E-state index in [0.717, 1.165) is 24.1 Å². The standard InChI is InChI=1S/C19H25N3O3/c1-12(2)17-18(24)21-14(10-23)8-13-4-5-15(9-16(13)22(17)3)25-19(11-20)6-7-19/h4-5,9,12,14,17,23H,6-8,10H2,1-3H3,(H,21,24)/t14-,17-/m0/s1. The van der Waals surface area contributed by atoms with Gasteiger partial charge in [0, 0.05) is 31.6 Å². The lowest BCUT2D eigenvalue weighted by Gasteiger charge is -2.37. The first-order valence-corrected chi connectivity index (χ1v) is 8.76. The fourth-order valence-corrected chi connectivity index (χ4v) is 3.47. The van der Waals surface area contributed by atoms with Crippen molar-refractivity contribution < 1.29 is 14.6 Å². The zero-order valence-electron chi connectivity index (χ0n) is 15.0. The predicted molar refractivity (Wildman–Crippen MR) is 94.4 cm³/mol. The average Bonchev–Trinajstić information content (AvgIpc) is 3.34. The number of ether oxygens (including phenoxy) is 1. The number of nitrogens with one attached hydrogen (secondary N) is 1. The van der Waals surface area contributed by atoms with Gasteiger partial charge >= 0.3 is 0 Å². The van der Waals surface area contributed by atoms with Crippen molar-refractivity contribution in [1.29, 1.82) is 5.26 Å². The molecule has 134 valence electrons. The van der Waals surface area contributed by atoms with Gasteiger partial charge in [-0.05, 0) is 24.0 Å². The monoisotopic (exact) mass is 343 g/mol. The van der Waals surface area contributed by atoms with E-state index in [4.69, 9.17) is 4.74 Å². The highest BCUT2D eigenvalue weighted by Gasteiger charge is 2.46. The maximum atomic E-state index is 12.6. The van der Waals surface area contributed by atoms with Crippen molar-refractivity contribution in [3.63, 3.8) is 0 Å². The third kappa shape index (κ3) is 3.42. The summed E-state index contributed by atoms with van der Waals surface area (Å²) in [4.78, 5) is 14.6. The van der Waals surface area contributed by atoms with Crippen LogP contribution in [0.3, 0.4) is 0 Å². The number of anilines is 1. The van der Waals surface area contributed by atoms with E-state index in [0.29, 0.717) is 12.2 Å². The number of hydrogen-bond acceptors (Lipinski definition) is 5. The fraction of sp³-hybridized carbons (Fsp3) is 0.579. The van der Waals surface area contributed by atoms with Gasteiger partial charge in [0.25, 0.3) is 0 Å². The van der Waals surface area contributed by atoms with E-state index in [1.54, 1.807) is 0 Å². The van der Waals surface area contributed by atoms with Crippen molar-refractivity contribution in [2.45, 2.75) is 50.8 Å². The number of nitrogens with zero attached hydrogens (tertiary/aromatic N) is 2. The van der Waals surface area contributed by atoms with Crippen LogP contribution < -0.4 is 15.0 Å². The van der Waals surface area contributed by atoms with Crippen molar-refractivity contribution in [2.24, 2.45) is 5.92 Å². The SMILES string of the molecule is CC(C)[C@H]1C(=O)N[C@H](CO)Cc2ccc(OC3(C#N)CC3)cc2N1C. The van der Waals surface area contributed by atoms with Crippen LogP contribution in [0.5, 0.6) is 5.75 Å². The summed E-state index contributed by atoms with van der Waals surface area (Å²) in [7, 11) is 1.91. The number of carbonyl (C=O) groups excluding carboxylic acids is 1. The van der Waals surface area contributed by atoms with E-state index in [2.05, 4.69) is 11.4 Å². The number of likely N-dealkylation sites (N-methyl/N-ethyl adjacent to an activating group) is 1. The van der Waals surface area contributed by atoms with E-state index >= 15 is 0 Å². The maximum absolute atomic E-state index is 12.6. The number of rotatable bonds is 4. The molecule has 1 aromatic carbocycles. The molecular weight excluding hydrogens is 318 g/mol. The summed E-state index contributed by atoms with van der Waals surface area (Å²) in [5.41, 5.74) is 1.27. The highest BCUT2D eigenvalue weighted by Crippen LogP contribution is 2.41. The second-order valence-corrected chi connectivity index (χ2v) is 7.39. The molecule has 2 N–H and O–H groups in total. The summed E-state index contributed by atoms with van der Waals surface area (Å²) >= 11 is 0. The summed E-state index contributed by atoms with van der Waals surface area (Å²) in [6, 6.07) is 7.33. The van der Waals surface area contributed by atoms with Gasteiger partial charge in [0.15, 0.2) is 5.60 Å². The lowest BCUT2D eigenvalue weighted by Crippen LogP contribution is -2.54. The Kier molecular flexibility index (Phi) is 4.61. The van der Waals surface area contributed by atoms with Crippen LogP contribution in [-0.2, 0) is 11.2 Å². The Morgan fingerprint density at radius 2 is 2.20 bits per heavy atom. The van der Waals surface area contributed by atoms with Gasteiger partial charge in [-0.2, -0.15) is 5.26 Å². The number of hydrogen-bond donors (Lipinski definition) is 2. The van der Waals surface area contributed by atoms with Crippen molar-refractivity contribution in [3.8, 4) is 11.8 Å². The Hall–Kier alpha value is -2.26. The summed E-state index contributed by atoms with van der Waals surface area (Å²) < 4.78 is 5.89. The first-order chi connectivity index (χ1) is 11.9. The summed E-state index contributed by atoms with van der Waals surface area (Å²) in [5, 5.41) is 21.8. The van der Waals surface area contributed by atoms with Crippen LogP contribution in [0.2, 0.25) is 0 Å². The second kappa shape index (κ2) is 6.57. The average molecular weight is 343 g/mol. The van der Waals surface area contributed by atoms with Crippen LogP contribution in [0.1, 0.15) is 32.3 Å². The highest BCUT2D eigenvalue weighted by atomic mass is 16.5. The minimum absolute atomic E-state index is 0.0794. The fourth-order valence-electron chi connectivity index (χ4n) is 3.47. The number of nitriles is 1. The topological polar surface area (TPSA) is 85.6 Å². The smallest absolute Gasteiger partial charge is 0.243 e. The van der Waals surface area contributed by atoms with Gasteiger partial charge in [0.05, 0.1) is 12.6 Å². The molecule has 6 heteroatoms. The van der Waals surface area contributed by atoms with Crippen molar-refractivity contribution in [3.05, 3.63) is 23.8 Å². The zero-order chi connectivity index (χ0) is 18.2. The molecule has 1 amide bonds. The van der Waals surface area contributed by atoms with Gasteiger partial charge < -0.3 is 20.1 Å². The first-order valence-electron chi connectivity index (χ1n) is 8.76. The largest absolute Gasteiger partial charge is 0.472 e. The minimum atomic E-state index is -0.684. The van der Waals surface area contributed by atoms with Crippen LogP contribution in [0.25, 0.3) is 0 Å². The molecule has 1 fully saturated rings. The van der Waals surface area contributed by atoms with Crippen molar-refractivity contribution >= 4 is 11.6 Å². The third-order valence-corrected chi connectivity index (χ3v) is 5.01. The normalized spacial score (nSPS) is 24.6. The lowest BCUT2D eigenvalue weighted by atomic mass is 9.95. The van der Waals surface area contributed by atoms with E-state index in [-0.39, 0.29) is 30.5 Å². The number of aliphatic hydroxyl groups is 1. The lowest BCUT2D eigenvalue weighted by molar-refractivity contribution is -0.124. The van der Waals surface area contributed by atoms with E-state index in [9.17, 15) is 15.2 Å². The molecular formula is C19H25N3O3. The third-order valence-electron chi connectivity index (χ3n) is 5.01. The predicted octanol–water partition coefficient (Wildman–Crippen LogP) is 1.62. The molecule has 0 bridgehead atoms. The molecule has 1 aliphatic carbocycles.